The molecule has 0 aliphatic heterocycles. The molecule has 0 heterocycles. The lowest BCUT2D eigenvalue weighted by molar-refractivity contribution is -0.128. The van der Waals surface area contributed by atoms with Crippen molar-refractivity contribution in [1.29, 1.82) is 0 Å². The highest BCUT2D eigenvalue weighted by Crippen LogP contribution is 2.25. The maximum atomic E-state index is 11.7. The summed E-state index contributed by atoms with van der Waals surface area (Å²) >= 11 is 0. The van der Waals surface area contributed by atoms with Crippen molar-refractivity contribution in [2.45, 2.75) is 38.1 Å². The van der Waals surface area contributed by atoms with Gasteiger partial charge in [-0.15, -0.1) is 0 Å². The number of carboxylic acid groups (broad SMARTS) is 1. The van der Waals surface area contributed by atoms with Crippen LogP contribution in [0.15, 0.2) is 4.99 Å². The van der Waals surface area contributed by atoms with Crippen LogP contribution in [-0.4, -0.2) is 29.1 Å². The summed E-state index contributed by atoms with van der Waals surface area (Å²) < 4.78 is 0. The van der Waals surface area contributed by atoms with Gasteiger partial charge in [0, 0.05) is 5.92 Å². The summed E-state index contributed by atoms with van der Waals surface area (Å²) in [4.78, 5) is 25.6. The number of hydrogen-bond acceptors (Lipinski definition) is 3. The van der Waals surface area contributed by atoms with Crippen molar-refractivity contribution in [2.24, 2.45) is 10.9 Å². The van der Waals surface area contributed by atoms with E-state index in [0.717, 1.165) is 31.9 Å². The highest BCUT2D eigenvalue weighted by atomic mass is 16.4. The van der Waals surface area contributed by atoms with Gasteiger partial charge in [-0.05, 0) is 19.8 Å². The first-order valence-electron chi connectivity index (χ1n) is 5.24. The second-order valence-electron chi connectivity index (χ2n) is 3.87. The highest BCUT2D eigenvalue weighted by molar-refractivity contribution is 6.22. The van der Waals surface area contributed by atoms with Crippen LogP contribution in [0.1, 0.15) is 32.1 Å². The third-order valence-corrected chi connectivity index (χ3v) is 2.70. The number of aliphatic imine (C=N–C) groups is 1. The third kappa shape index (κ3) is 3.81. The maximum absolute atomic E-state index is 11.7. The van der Waals surface area contributed by atoms with Gasteiger partial charge >= 0.3 is 5.97 Å². The Bertz CT molecular complexity index is 267. The van der Waals surface area contributed by atoms with E-state index in [2.05, 4.69) is 11.9 Å². The number of carbonyl (C=O) groups is 2. The number of aliphatic carboxylic acids is 1. The van der Waals surface area contributed by atoms with Gasteiger partial charge in [0.1, 0.15) is 12.3 Å². The first-order chi connectivity index (χ1) is 7.11. The van der Waals surface area contributed by atoms with Crippen LogP contribution in [0, 0.1) is 12.8 Å². The smallest absolute Gasteiger partial charge is 0.346 e. The zero-order valence-corrected chi connectivity index (χ0v) is 8.69. The van der Waals surface area contributed by atoms with Gasteiger partial charge in [-0.3, -0.25) is 9.79 Å². The normalized spacial score (nSPS) is 20.3. The predicted molar refractivity (Wildman–Crippen MR) is 56.9 cm³/mol. The van der Waals surface area contributed by atoms with Crippen molar-refractivity contribution in [1.82, 2.24) is 0 Å². The molecular formula is C11H16NO3. The fraction of sp³-hybridized carbons (Fsp3) is 0.636. The molecule has 4 heteroatoms. The molecule has 1 aliphatic carbocycles. The van der Waals surface area contributed by atoms with Crippen LogP contribution >= 0.6 is 0 Å². The van der Waals surface area contributed by atoms with E-state index < -0.39 is 12.0 Å². The molecule has 0 amide bonds. The van der Waals surface area contributed by atoms with E-state index in [1.54, 1.807) is 0 Å². The van der Waals surface area contributed by atoms with E-state index in [4.69, 9.17) is 5.11 Å². The molecule has 0 aromatic carbocycles. The minimum absolute atomic E-state index is 0.0211. The van der Waals surface area contributed by atoms with E-state index in [0.29, 0.717) is 0 Å². The van der Waals surface area contributed by atoms with Crippen molar-refractivity contribution in [3.8, 4) is 0 Å². The SMILES string of the molecule is [CH2][C@@H](N=CC(=O)O)C(=O)C1CCCCC1. The molecule has 1 saturated carbocycles. The molecule has 0 saturated heterocycles. The van der Waals surface area contributed by atoms with Crippen LogP contribution < -0.4 is 0 Å². The van der Waals surface area contributed by atoms with Gasteiger partial charge in [-0.1, -0.05) is 19.3 Å². The molecule has 0 spiro atoms. The van der Waals surface area contributed by atoms with Gasteiger partial charge in [0.15, 0.2) is 5.78 Å². The number of hydrogen-bond donors (Lipinski definition) is 1. The summed E-state index contributed by atoms with van der Waals surface area (Å²) in [6, 6.07) is -0.760. The minimum Gasteiger partial charge on any atom is -0.477 e. The summed E-state index contributed by atoms with van der Waals surface area (Å²) in [6.45, 7) is 3.57. The van der Waals surface area contributed by atoms with Crippen molar-refractivity contribution < 1.29 is 14.7 Å². The highest BCUT2D eigenvalue weighted by Gasteiger charge is 2.24. The van der Waals surface area contributed by atoms with E-state index in [1.165, 1.54) is 6.42 Å². The molecule has 4 nitrogen and oxygen atoms in total. The molecule has 83 valence electrons. The Morgan fingerprint density at radius 3 is 2.47 bits per heavy atom. The van der Waals surface area contributed by atoms with Crippen LogP contribution in [0.3, 0.4) is 0 Å². The average Bonchev–Trinajstić information content (AvgIpc) is 2.26. The van der Waals surface area contributed by atoms with Crippen molar-refractivity contribution in [3.05, 3.63) is 6.92 Å². The second kappa shape index (κ2) is 5.63. The zero-order chi connectivity index (χ0) is 11.3. The molecule has 1 radical (unpaired) electrons. The summed E-state index contributed by atoms with van der Waals surface area (Å²) in [5.74, 6) is -1.13. The van der Waals surface area contributed by atoms with Crippen LogP contribution in [0.25, 0.3) is 0 Å². The Hall–Kier alpha value is -1.19. The first kappa shape index (κ1) is 11.9. The van der Waals surface area contributed by atoms with Crippen LogP contribution in [-0.2, 0) is 9.59 Å². The van der Waals surface area contributed by atoms with Crippen LogP contribution in [0.4, 0.5) is 0 Å². The molecule has 15 heavy (non-hydrogen) atoms. The lowest BCUT2D eigenvalue weighted by Crippen LogP contribution is -2.27. The molecule has 1 N–H and O–H groups in total. The number of carboxylic acids is 1. The number of rotatable bonds is 4. The average molecular weight is 210 g/mol. The standard InChI is InChI=1S/C11H16NO3/c1-8(12-7-10(13)14)11(15)9-5-3-2-4-6-9/h7-9H,1-6H2,(H,13,14)/t8-/m1/s1. The quantitative estimate of drug-likeness (QED) is 0.715. The van der Waals surface area contributed by atoms with Crippen molar-refractivity contribution in [2.75, 3.05) is 0 Å². The molecule has 1 rings (SSSR count). The molecule has 0 aromatic rings. The molecule has 1 aliphatic rings. The first-order valence-corrected chi connectivity index (χ1v) is 5.24. The van der Waals surface area contributed by atoms with E-state index in [9.17, 15) is 9.59 Å². The number of nitrogens with zero attached hydrogens (tertiary/aromatic N) is 1. The molecule has 0 aromatic heterocycles. The Morgan fingerprint density at radius 2 is 1.93 bits per heavy atom. The predicted octanol–water partition coefficient (Wildman–Crippen LogP) is 1.49. The van der Waals surface area contributed by atoms with Crippen molar-refractivity contribution >= 4 is 18.0 Å². The third-order valence-electron chi connectivity index (χ3n) is 2.70. The summed E-state index contributed by atoms with van der Waals surface area (Å²) in [7, 11) is 0. The molecule has 0 bridgehead atoms. The van der Waals surface area contributed by atoms with Gasteiger partial charge in [0.25, 0.3) is 0 Å². The monoisotopic (exact) mass is 210 g/mol. The van der Waals surface area contributed by atoms with Gasteiger partial charge in [-0.2, -0.15) is 0 Å². The zero-order valence-electron chi connectivity index (χ0n) is 8.69. The Kier molecular flexibility index (Phi) is 4.46. The topological polar surface area (TPSA) is 66.7 Å². The van der Waals surface area contributed by atoms with E-state index in [-0.39, 0.29) is 11.7 Å². The van der Waals surface area contributed by atoms with Gasteiger partial charge in [-0.25, -0.2) is 4.79 Å². The summed E-state index contributed by atoms with van der Waals surface area (Å²) in [5.41, 5.74) is 0. The Morgan fingerprint density at radius 1 is 1.33 bits per heavy atom. The minimum atomic E-state index is -1.14. The Balaban J connectivity index is 2.47. The number of Topliss-reactive ketones (excluding diaryl/α,β-unsaturated/α-hetero) is 1. The van der Waals surface area contributed by atoms with Crippen LogP contribution in [0.5, 0.6) is 0 Å². The maximum Gasteiger partial charge on any atom is 0.346 e. The molecule has 1 atom stereocenters. The summed E-state index contributed by atoms with van der Waals surface area (Å²) in [5, 5.41) is 8.37. The van der Waals surface area contributed by atoms with Gasteiger partial charge < -0.3 is 5.11 Å². The molecule has 1 fully saturated rings. The fourth-order valence-electron chi connectivity index (χ4n) is 1.89. The number of carbonyl (C=O) groups excluding carboxylic acids is 1. The lowest BCUT2D eigenvalue weighted by Gasteiger charge is -2.21. The van der Waals surface area contributed by atoms with Gasteiger partial charge in [0.2, 0.25) is 0 Å². The van der Waals surface area contributed by atoms with E-state index >= 15 is 0 Å². The van der Waals surface area contributed by atoms with E-state index in [1.807, 2.05) is 0 Å². The second-order valence-corrected chi connectivity index (χ2v) is 3.87. The Labute approximate surface area is 89.4 Å². The van der Waals surface area contributed by atoms with Gasteiger partial charge in [0.05, 0.1) is 0 Å². The lowest BCUT2D eigenvalue weighted by atomic mass is 9.84. The fourth-order valence-corrected chi connectivity index (χ4v) is 1.89. The molecular weight excluding hydrogens is 194 g/mol. The largest absolute Gasteiger partial charge is 0.477 e. The summed E-state index contributed by atoms with van der Waals surface area (Å²) in [6.07, 6.45) is 5.88. The number of ketones is 1. The molecule has 0 unspecified atom stereocenters. The van der Waals surface area contributed by atoms with Crippen LogP contribution in [0.2, 0.25) is 0 Å². The van der Waals surface area contributed by atoms with Crippen molar-refractivity contribution in [3.63, 3.8) is 0 Å².